The molecule has 1 aromatic heterocycles. The quantitative estimate of drug-likeness (QED) is 0.699. The SMILES string of the molecule is COc1ccc(-c2cnc(CCC(=O)N3CCN(C(=O)C(=O)NC(C)C)CC3)o2)cc1. The van der Waals surface area contributed by atoms with Crippen LogP contribution in [0.5, 0.6) is 5.75 Å². The molecule has 3 rings (SSSR count). The number of carbonyl (C=O) groups excluding carboxylic acids is 3. The van der Waals surface area contributed by atoms with Gasteiger partial charge in [-0.3, -0.25) is 14.4 Å². The Morgan fingerprint density at radius 3 is 2.35 bits per heavy atom. The summed E-state index contributed by atoms with van der Waals surface area (Å²) < 4.78 is 10.9. The number of aromatic nitrogens is 1. The lowest BCUT2D eigenvalue weighted by Gasteiger charge is -2.34. The molecule has 9 heteroatoms. The number of benzene rings is 1. The van der Waals surface area contributed by atoms with E-state index in [9.17, 15) is 14.4 Å². The average Bonchev–Trinajstić information content (AvgIpc) is 3.25. The summed E-state index contributed by atoms with van der Waals surface area (Å²) in [6.45, 7) is 5.10. The van der Waals surface area contributed by atoms with E-state index in [1.165, 1.54) is 4.90 Å². The van der Waals surface area contributed by atoms with Gasteiger partial charge in [-0.05, 0) is 38.1 Å². The Balaban J connectivity index is 1.46. The second-order valence-electron chi connectivity index (χ2n) is 7.65. The van der Waals surface area contributed by atoms with Gasteiger partial charge in [0.25, 0.3) is 0 Å². The van der Waals surface area contributed by atoms with Crippen LogP contribution in [0.3, 0.4) is 0 Å². The molecule has 1 N–H and O–H groups in total. The predicted octanol–water partition coefficient (Wildman–Crippen LogP) is 1.48. The number of ether oxygens (including phenoxy) is 1. The maximum atomic E-state index is 12.5. The van der Waals surface area contributed by atoms with Crippen LogP contribution in [0.2, 0.25) is 0 Å². The zero-order valence-electron chi connectivity index (χ0n) is 18.1. The van der Waals surface area contributed by atoms with E-state index in [1.54, 1.807) is 32.1 Å². The summed E-state index contributed by atoms with van der Waals surface area (Å²) in [5.41, 5.74) is 0.883. The summed E-state index contributed by atoms with van der Waals surface area (Å²) in [5, 5.41) is 2.60. The van der Waals surface area contributed by atoms with Crippen molar-refractivity contribution in [3.8, 4) is 17.1 Å². The van der Waals surface area contributed by atoms with Crippen molar-refractivity contribution < 1.29 is 23.5 Å². The Morgan fingerprint density at radius 1 is 1.10 bits per heavy atom. The number of aryl methyl sites for hydroxylation is 1. The lowest BCUT2D eigenvalue weighted by Crippen LogP contribution is -2.54. The van der Waals surface area contributed by atoms with Crippen LogP contribution in [0.25, 0.3) is 11.3 Å². The molecule has 0 aliphatic carbocycles. The van der Waals surface area contributed by atoms with Crippen LogP contribution in [0.1, 0.15) is 26.2 Å². The van der Waals surface area contributed by atoms with E-state index in [0.29, 0.717) is 44.3 Å². The molecule has 0 bridgehead atoms. The molecule has 9 nitrogen and oxygen atoms in total. The highest BCUT2D eigenvalue weighted by Gasteiger charge is 2.28. The Kier molecular flexibility index (Phi) is 7.28. The van der Waals surface area contributed by atoms with E-state index >= 15 is 0 Å². The number of carbonyl (C=O) groups is 3. The Labute approximate surface area is 181 Å². The van der Waals surface area contributed by atoms with Crippen LogP contribution in [-0.2, 0) is 20.8 Å². The van der Waals surface area contributed by atoms with E-state index in [-0.39, 0.29) is 18.4 Å². The molecule has 1 aromatic carbocycles. The third-order valence-corrected chi connectivity index (χ3v) is 5.01. The first kappa shape index (κ1) is 22.3. The number of methoxy groups -OCH3 is 1. The second kappa shape index (κ2) is 10.1. The first-order chi connectivity index (χ1) is 14.9. The summed E-state index contributed by atoms with van der Waals surface area (Å²) in [7, 11) is 1.61. The van der Waals surface area contributed by atoms with Crippen LogP contribution < -0.4 is 10.1 Å². The molecule has 3 amide bonds. The molecule has 1 aliphatic rings. The van der Waals surface area contributed by atoms with Crippen molar-refractivity contribution in [1.82, 2.24) is 20.1 Å². The first-order valence-corrected chi connectivity index (χ1v) is 10.3. The summed E-state index contributed by atoms with van der Waals surface area (Å²) in [6.07, 6.45) is 2.31. The monoisotopic (exact) mass is 428 g/mol. The van der Waals surface area contributed by atoms with Gasteiger partial charge < -0.3 is 24.3 Å². The zero-order valence-corrected chi connectivity index (χ0v) is 18.1. The van der Waals surface area contributed by atoms with Gasteiger partial charge in [-0.1, -0.05) is 0 Å². The first-order valence-electron chi connectivity index (χ1n) is 10.3. The lowest BCUT2D eigenvalue weighted by atomic mass is 10.2. The number of oxazole rings is 1. The highest BCUT2D eigenvalue weighted by Crippen LogP contribution is 2.23. The molecule has 1 aliphatic heterocycles. The minimum absolute atomic E-state index is 0.0251. The van der Waals surface area contributed by atoms with Crippen molar-refractivity contribution in [2.45, 2.75) is 32.7 Å². The zero-order chi connectivity index (χ0) is 22.4. The molecule has 0 unspecified atom stereocenters. The highest BCUT2D eigenvalue weighted by molar-refractivity contribution is 6.35. The molecule has 0 atom stereocenters. The molecule has 0 saturated carbocycles. The third-order valence-electron chi connectivity index (χ3n) is 5.01. The van der Waals surface area contributed by atoms with Crippen molar-refractivity contribution in [1.29, 1.82) is 0 Å². The van der Waals surface area contributed by atoms with Gasteiger partial charge in [0.15, 0.2) is 11.7 Å². The summed E-state index contributed by atoms with van der Waals surface area (Å²) in [4.78, 5) is 44.0. The summed E-state index contributed by atoms with van der Waals surface area (Å²) in [6, 6.07) is 7.36. The molecule has 0 spiro atoms. The van der Waals surface area contributed by atoms with Gasteiger partial charge in [-0.25, -0.2) is 4.98 Å². The topological polar surface area (TPSA) is 105 Å². The van der Waals surface area contributed by atoms with E-state index in [0.717, 1.165) is 11.3 Å². The van der Waals surface area contributed by atoms with Gasteiger partial charge >= 0.3 is 11.8 Å². The molecule has 0 radical (unpaired) electrons. The lowest BCUT2D eigenvalue weighted by molar-refractivity contribution is -0.148. The molecule has 1 saturated heterocycles. The smallest absolute Gasteiger partial charge is 0.312 e. The third kappa shape index (κ3) is 5.84. The maximum Gasteiger partial charge on any atom is 0.312 e. The number of nitrogens with zero attached hydrogens (tertiary/aromatic N) is 3. The second-order valence-corrected chi connectivity index (χ2v) is 7.65. The van der Waals surface area contributed by atoms with Crippen molar-refractivity contribution in [3.05, 3.63) is 36.4 Å². The minimum atomic E-state index is -0.605. The highest BCUT2D eigenvalue weighted by atomic mass is 16.5. The van der Waals surface area contributed by atoms with Crippen LogP contribution >= 0.6 is 0 Å². The van der Waals surface area contributed by atoms with Gasteiger partial charge in [-0.15, -0.1) is 0 Å². The van der Waals surface area contributed by atoms with Crippen molar-refractivity contribution in [2.75, 3.05) is 33.3 Å². The predicted molar refractivity (Wildman–Crippen MR) is 113 cm³/mol. The van der Waals surface area contributed by atoms with Crippen LogP contribution in [-0.4, -0.2) is 71.8 Å². The van der Waals surface area contributed by atoms with E-state index in [1.807, 2.05) is 24.3 Å². The molecule has 1 fully saturated rings. The van der Waals surface area contributed by atoms with Crippen molar-refractivity contribution in [3.63, 3.8) is 0 Å². The summed E-state index contributed by atoms with van der Waals surface area (Å²) in [5.74, 6) is 0.715. The fourth-order valence-electron chi connectivity index (χ4n) is 3.31. The van der Waals surface area contributed by atoms with Crippen LogP contribution in [0.15, 0.2) is 34.9 Å². The van der Waals surface area contributed by atoms with Crippen molar-refractivity contribution >= 4 is 17.7 Å². The molecule has 166 valence electrons. The standard InChI is InChI=1S/C22H28N4O5/c1-15(2)24-21(28)22(29)26-12-10-25(11-13-26)20(27)9-8-19-23-14-18(31-19)16-4-6-17(30-3)7-5-16/h4-7,14-15H,8-13H2,1-3H3,(H,24,28). The fraction of sp³-hybridized carbons (Fsp3) is 0.455. The number of nitrogens with one attached hydrogen (secondary N) is 1. The minimum Gasteiger partial charge on any atom is -0.497 e. The number of rotatable bonds is 6. The largest absolute Gasteiger partial charge is 0.497 e. The van der Waals surface area contributed by atoms with Crippen molar-refractivity contribution in [2.24, 2.45) is 0 Å². The maximum absolute atomic E-state index is 12.5. The van der Waals surface area contributed by atoms with Gasteiger partial charge in [0, 0.05) is 50.6 Å². The fourth-order valence-corrected chi connectivity index (χ4v) is 3.31. The van der Waals surface area contributed by atoms with Gasteiger partial charge in [0.1, 0.15) is 5.75 Å². The van der Waals surface area contributed by atoms with Gasteiger partial charge in [-0.2, -0.15) is 0 Å². The Hall–Kier alpha value is -3.36. The number of hydrogen-bond acceptors (Lipinski definition) is 6. The Morgan fingerprint density at radius 2 is 1.74 bits per heavy atom. The van der Waals surface area contributed by atoms with E-state index < -0.39 is 11.8 Å². The molecular formula is C22H28N4O5. The van der Waals surface area contributed by atoms with Crippen LogP contribution in [0, 0.1) is 0 Å². The van der Waals surface area contributed by atoms with E-state index in [2.05, 4.69) is 10.3 Å². The van der Waals surface area contributed by atoms with E-state index in [4.69, 9.17) is 9.15 Å². The number of amides is 3. The molecule has 2 heterocycles. The van der Waals surface area contributed by atoms with Crippen LogP contribution in [0.4, 0.5) is 0 Å². The average molecular weight is 428 g/mol. The summed E-state index contributed by atoms with van der Waals surface area (Å²) >= 11 is 0. The molecule has 31 heavy (non-hydrogen) atoms. The molecular weight excluding hydrogens is 400 g/mol. The van der Waals surface area contributed by atoms with Gasteiger partial charge in [0.2, 0.25) is 5.91 Å². The normalized spacial score (nSPS) is 13.9. The Bertz CT molecular complexity index is 914. The van der Waals surface area contributed by atoms with Gasteiger partial charge in [0.05, 0.1) is 13.3 Å². The number of piperazine rings is 1. The molecule has 2 aromatic rings. The number of hydrogen-bond donors (Lipinski definition) is 1.